The number of anilines is 1. The van der Waals surface area contributed by atoms with Gasteiger partial charge >= 0.3 is 12.6 Å². The predicted octanol–water partition coefficient (Wildman–Crippen LogP) is 4.44. The van der Waals surface area contributed by atoms with E-state index >= 15 is 0 Å². The van der Waals surface area contributed by atoms with Crippen LogP contribution >= 0.6 is 0 Å². The molecule has 30 heavy (non-hydrogen) atoms. The second-order valence-corrected chi connectivity index (χ2v) is 6.24. The van der Waals surface area contributed by atoms with E-state index in [1.165, 1.54) is 38.3 Å². The second kappa shape index (κ2) is 10.9. The molecule has 0 aliphatic heterocycles. The molecule has 1 atom stereocenters. The minimum Gasteiger partial charge on any atom is -0.493 e. The van der Waals surface area contributed by atoms with E-state index in [-0.39, 0.29) is 11.5 Å². The molecule has 2 aromatic carbocycles. The van der Waals surface area contributed by atoms with Gasteiger partial charge in [-0.15, -0.1) is 0 Å². The monoisotopic (exact) mass is 419 g/mol. The van der Waals surface area contributed by atoms with Crippen molar-refractivity contribution >= 4 is 23.6 Å². The molecule has 0 aliphatic rings. The fraction of sp³-hybridized carbons (Fsp3) is 0.273. The molecular weight excluding hydrogens is 396 g/mol. The van der Waals surface area contributed by atoms with Gasteiger partial charge in [0.2, 0.25) is 0 Å². The Kier molecular flexibility index (Phi) is 8.34. The molecule has 2 rings (SSSR count). The Balaban J connectivity index is 1.93. The largest absolute Gasteiger partial charge is 0.493 e. The van der Waals surface area contributed by atoms with Gasteiger partial charge in [-0.2, -0.15) is 8.78 Å². The lowest BCUT2D eigenvalue weighted by atomic mass is 10.1. The molecule has 1 N–H and O–H groups in total. The van der Waals surface area contributed by atoms with Crippen LogP contribution in [0, 0.1) is 0 Å². The van der Waals surface area contributed by atoms with Gasteiger partial charge in [-0.05, 0) is 54.8 Å². The molecule has 1 amide bonds. The van der Waals surface area contributed by atoms with E-state index in [2.05, 4.69) is 10.1 Å². The zero-order valence-corrected chi connectivity index (χ0v) is 16.9. The van der Waals surface area contributed by atoms with Gasteiger partial charge in [-0.1, -0.05) is 25.1 Å². The van der Waals surface area contributed by atoms with E-state index in [4.69, 9.17) is 9.47 Å². The van der Waals surface area contributed by atoms with Crippen molar-refractivity contribution in [3.8, 4) is 11.5 Å². The van der Waals surface area contributed by atoms with E-state index in [0.717, 1.165) is 18.1 Å². The first-order valence-corrected chi connectivity index (χ1v) is 9.23. The molecule has 2 aromatic rings. The van der Waals surface area contributed by atoms with Gasteiger partial charge in [-0.25, -0.2) is 4.79 Å². The number of hydrogen-bond acceptors (Lipinski definition) is 5. The van der Waals surface area contributed by atoms with Crippen LogP contribution in [0.5, 0.6) is 11.5 Å². The lowest BCUT2D eigenvalue weighted by Gasteiger charge is -2.12. The number of nitrogens with one attached hydrogen (secondary N) is 1. The van der Waals surface area contributed by atoms with Gasteiger partial charge in [0.25, 0.3) is 5.91 Å². The van der Waals surface area contributed by atoms with Crippen LogP contribution < -0.4 is 14.8 Å². The molecule has 0 heterocycles. The third-order valence-corrected chi connectivity index (χ3v) is 4.11. The number of halogens is 2. The van der Waals surface area contributed by atoms with Gasteiger partial charge < -0.3 is 19.5 Å². The zero-order valence-electron chi connectivity index (χ0n) is 16.9. The highest BCUT2D eigenvalue weighted by Crippen LogP contribution is 2.29. The summed E-state index contributed by atoms with van der Waals surface area (Å²) in [6, 6.07) is 11.6. The molecule has 0 saturated carbocycles. The Morgan fingerprint density at radius 1 is 1.10 bits per heavy atom. The fourth-order valence-electron chi connectivity index (χ4n) is 2.48. The third-order valence-electron chi connectivity index (χ3n) is 4.11. The summed E-state index contributed by atoms with van der Waals surface area (Å²) in [5, 5.41) is 2.68. The molecule has 6 nitrogen and oxygen atoms in total. The minimum absolute atomic E-state index is 0.0904. The Morgan fingerprint density at radius 3 is 2.40 bits per heavy atom. The number of benzene rings is 2. The first-order chi connectivity index (χ1) is 14.3. The number of hydrogen-bond donors (Lipinski definition) is 1. The maximum Gasteiger partial charge on any atom is 0.387 e. The van der Waals surface area contributed by atoms with E-state index in [1.807, 2.05) is 19.1 Å². The lowest BCUT2D eigenvalue weighted by molar-refractivity contribution is -0.148. The summed E-state index contributed by atoms with van der Waals surface area (Å²) < 4.78 is 39.2. The van der Waals surface area contributed by atoms with Crippen molar-refractivity contribution in [2.24, 2.45) is 0 Å². The number of alkyl halides is 2. The molecule has 0 aromatic heterocycles. The smallest absolute Gasteiger partial charge is 0.387 e. The maximum absolute atomic E-state index is 12.4. The molecule has 0 spiro atoms. The van der Waals surface area contributed by atoms with Gasteiger partial charge in [0.05, 0.1) is 7.11 Å². The maximum atomic E-state index is 12.4. The molecule has 160 valence electrons. The summed E-state index contributed by atoms with van der Waals surface area (Å²) in [6.45, 7) is 0.512. The van der Waals surface area contributed by atoms with Crippen LogP contribution in [0.2, 0.25) is 0 Å². The molecule has 0 fully saturated rings. The van der Waals surface area contributed by atoms with Crippen molar-refractivity contribution in [3.63, 3.8) is 0 Å². The summed E-state index contributed by atoms with van der Waals surface area (Å²) in [5.74, 6) is -1.22. The Hall–Kier alpha value is -3.42. The number of esters is 1. The predicted molar refractivity (Wildman–Crippen MR) is 109 cm³/mol. The van der Waals surface area contributed by atoms with Crippen LogP contribution in [-0.4, -0.2) is 31.7 Å². The van der Waals surface area contributed by atoms with Crippen LogP contribution in [0.1, 0.15) is 25.0 Å². The highest BCUT2D eigenvalue weighted by molar-refractivity contribution is 5.96. The van der Waals surface area contributed by atoms with Crippen molar-refractivity contribution in [2.45, 2.75) is 33.0 Å². The van der Waals surface area contributed by atoms with Gasteiger partial charge in [0.15, 0.2) is 17.6 Å². The number of carbonyl (C=O) groups is 2. The molecule has 0 radical (unpaired) electrons. The van der Waals surface area contributed by atoms with Gasteiger partial charge in [0.1, 0.15) is 0 Å². The van der Waals surface area contributed by atoms with Crippen LogP contribution in [0.25, 0.3) is 6.08 Å². The molecule has 1 unspecified atom stereocenters. The van der Waals surface area contributed by atoms with Gasteiger partial charge in [-0.3, -0.25) is 4.79 Å². The number of ether oxygens (including phenoxy) is 3. The number of carbonyl (C=O) groups excluding carboxylic acids is 2. The minimum atomic E-state index is -2.98. The van der Waals surface area contributed by atoms with Gasteiger partial charge in [0, 0.05) is 11.8 Å². The highest BCUT2D eigenvalue weighted by atomic mass is 19.3. The summed E-state index contributed by atoms with van der Waals surface area (Å²) >= 11 is 0. The Bertz CT molecular complexity index is 897. The van der Waals surface area contributed by atoms with Crippen LogP contribution in [0.15, 0.2) is 48.5 Å². The fourth-order valence-corrected chi connectivity index (χ4v) is 2.48. The van der Waals surface area contributed by atoms with E-state index < -0.39 is 24.6 Å². The normalized spacial score (nSPS) is 11.9. The summed E-state index contributed by atoms with van der Waals surface area (Å²) in [5.41, 5.74) is 2.25. The Morgan fingerprint density at radius 2 is 1.80 bits per heavy atom. The first-order valence-electron chi connectivity index (χ1n) is 9.23. The standard InChI is InChI=1S/C22H23F2NO5/c1-4-15-5-9-17(10-6-15)25-21(27)14(2)29-20(26)12-8-16-7-11-18(30-22(23)24)19(13-16)28-3/h5-14,22H,4H2,1-3H3,(H,25,27)/b12-8+. The lowest BCUT2D eigenvalue weighted by Crippen LogP contribution is -2.29. The van der Waals surface area contributed by atoms with E-state index in [1.54, 1.807) is 12.1 Å². The van der Waals surface area contributed by atoms with Crippen molar-refractivity contribution < 1.29 is 32.6 Å². The van der Waals surface area contributed by atoms with E-state index in [9.17, 15) is 18.4 Å². The number of methoxy groups -OCH3 is 1. The number of aryl methyl sites for hydroxylation is 1. The summed E-state index contributed by atoms with van der Waals surface area (Å²) in [6.07, 6.45) is 2.42. The average Bonchev–Trinajstić information content (AvgIpc) is 2.73. The summed E-state index contributed by atoms with van der Waals surface area (Å²) in [4.78, 5) is 24.2. The molecule has 0 saturated heterocycles. The van der Waals surface area contributed by atoms with Crippen LogP contribution in [0.3, 0.4) is 0 Å². The molecule has 0 aliphatic carbocycles. The van der Waals surface area contributed by atoms with Crippen molar-refractivity contribution in [1.82, 2.24) is 0 Å². The quantitative estimate of drug-likeness (QED) is 0.480. The third kappa shape index (κ3) is 6.88. The molecule has 0 bridgehead atoms. The van der Waals surface area contributed by atoms with E-state index in [0.29, 0.717) is 11.3 Å². The van der Waals surface area contributed by atoms with Crippen LogP contribution in [-0.2, 0) is 20.7 Å². The topological polar surface area (TPSA) is 73.9 Å². The van der Waals surface area contributed by atoms with Crippen molar-refractivity contribution in [1.29, 1.82) is 0 Å². The Labute approximate surface area is 173 Å². The summed E-state index contributed by atoms with van der Waals surface area (Å²) in [7, 11) is 1.31. The molecule has 8 heteroatoms. The number of rotatable bonds is 9. The zero-order chi connectivity index (χ0) is 22.1. The van der Waals surface area contributed by atoms with Crippen molar-refractivity contribution in [3.05, 3.63) is 59.7 Å². The highest BCUT2D eigenvalue weighted by Gasteiger charge is 2.17. The number of amides is 1. The first kappa shape index (κ1) is 22.9. The van der Waals surface area contributed by atoms with Crippen molar-refractivity contribution in [2.75, 3.05) is 12.4 Å². The SMILES string of the molecule is CCc1ccc(NC(=O)C(C)OC(=O)/C=C/c2ccc(OC(F)F)c(OC)c2)cc1. The average molecular weight is 419 g/mol. The molecular formula is C22H23F2NO5. The second-order valence-electron chi connectivity index (χ2n) is 6.24. The van der Waals surface area contributed by atoms with Crippen LogP contribution in [0.4, 0.5) is 14.5 Å².